The normalized spacial score (nSPS) is 11.7. The van der Waals surface area contributed by atoms with Crippen molar-refractivity contribution >= 4 is 5.96 Å². The molecule has 0 atom stereocenters. The van der Waals surface area contributed by atoms with Crippen LogP contribution in [-0.4, -0.2) is 31.3 Å². The first-order chi connectivity index (χ1) is 13.1. The Kier molecular flexibility index (Phi) is 8.17. The summed E-state index contributed by atoms with van der Waals surface area (Å²) in [6.45, 7) is 10.4. The molecule has 0 spiro atoms. The van der Waals surface area contributed by atoms with Crippen LogP contribution in [0.15, 0.2) is 33.8 Å². The van der Waals surface area contributed by atoms with E-state index >= 15 is 0 Å². The van der Waals surface area contributed by atoms with E-state index in [0.717, 1.165) is 41.6 Å². The fourth-order valence-electron chi connectivity index (χ4n) is 2.95. The second-order valence-corrected chi connectivity index (χ2v) is 6.63. The molecule has 1 heterocycles. The van der Waals surface area contributed by atoms with Crippen molar-refractivity contribution in [1.29, 1.82) is 0 Å². The van der Waals surface area contributed by atoms with E-state index in [0.29, 0.717) is 25.6 Å². The molecule has 0 saturated carbocycles. The lowest BCUT2D eigenvalue weighted by Gasteiger charge is -2.15. The van der Waals surface area contributed by atoms with Crippen LogP contribution in [0.1, 0.15) is 56.2 Å². The predicted octanol–water partition coefficient (Wildman–Crippen LogP) is 3.67. The summed E-state index contributed by atoms with van der Waals surface area (Å²) in [5.41, 5.74) is 3.36. The standard InChI is InChI=1S/C21H32N4O2/c1-6-18-17(19(7-2)27-25-18)14-24-21(22-5)23-12-13-26-20-11-9-8-10-16(20)15(3)4/h8-11,15H,6-7,12-14H2,1-5H3,(H2,22,23,24). The number of aryl methyl sites for hydroxylation is 2. The lowest BCUT2D eigenvalue weighted by Crippen LogP contribution is -2.39. The number of nitrogens with zero attached hydrogens (tertiary/aromatic N) is 2. The van der Waals surface area contributed by atoms with Gasteiger partial charge in [-0.05, 0) is 24.0 Å². The highest BCUT2D eigenvalue weighted by Crippen LogP contribution is 2.25. The first-order valence-electron chi connectivity index (χ1n) is 9.73. The Labute approximate surface area is 162 Å². The monoisotopic (exact) mass is 372 g/mol. The third-order valence-corrected chi connectivity index (χ3v) is 4.46. The summed E-state index contributed by atoms with van der Waals surface area (Å²) in [4.78, 5) is 4.28. The van der Waals surface area contributed by atoms with Crippen molar-refractivity contribution in [2.75, 3.05) is 20.2 Å². The number of rotatable bonds is 9. The smallest absolute Gasteiger partial charge is 0.191 e. The molecule has 2 aromatic rings. The Morgan fingerprint density at radius 3 is 2.63 bits per heavy atom. The van der Waals surface area contributed by atoms with E-state index in [4.69, 9.17) is 9.26 Å². The van der Waals surface area contributed by atoms with E-state index < -0.39 is 0 Å². The first kappa shape index (κ1) is 20.8. The summed E-state index contributed by atoms with van der Waals surface area (Å²) in [7, 11) is 1.76. The predicted molar refractivity (Wildman–Crippen MR) is 109 cm³/mol. The van der Waals surface area contributed by atoms with Gasteiger partial charge >= 0.3 is 0 Å². The van der Waals surface area contributed by atoms with Gasteiger partial charge in [0.25, 0.3) is 0 Å². The van der Waals surface area contributed by atoms with Gasteiger partial charge in [-0.2, -0.15) is 0 Å². The minimum absolute atomic E-state index is 0.438. The zero-order valence-corrected chi connectivity index (χ0v) is 17.1. The van der Waals surface area contributed by atoms with E-state index in [-0.39, 0.29) is 0 Å². The minimum atomic E-state index is 0.438. The van der Waals surface area contributed by atoms with Crippen molar-refractivity contribution in [3.05, 3.63) is 46.8 Å². The molecule has 1 aromatic heterocycles. The second kappa shape index (κ2) is 10.6. The number of hydrogen-bond acceptors (Lipinski definition) is 4. The Hall–Kier alpha value is -2.50. The van der Waals surface area contributed by atoms with Crippen molar-refractivity contribution in [1.82, 2.24) is 15.8 Å². The topological polar surface area (TPSA) is 71.7 Å². The molecule has 0 amide bonds. The summed E-state index contributed by atoms with van der Waals surface area (Å²) in [6, 6.07) is 8.19. The van der Waals surface area contributed by atoms with Crippen LogP contribution >= 0.6 is 0 Å². The zero-order chi connectivity index (χ0) is 19.6. The van der Waals surface area contributed by atoms with Crippen molar-refractivity contribution in [2.24, 2.45) is 4.99 Å². The van der Waals surface area contributed by atoms with Crippen LogP contribution in [0.4, 0.5) is 0 Å². The van der Waals surface area contributed by atoms with Crippen molar-refractivity contribution in [3.8, 4) is 5.75 Å². The van der Waals surface area contributed by atoms with Crippen molar-refractivity contribution in [2.45, 2.75) is 53.0 Å². The van der Waals surface area contributed by atoms with E-state index in [1.54, 1.807) is 7.05 Å². The molecular weight excluding hydrogens is 340 g/mol. The zero-order valence-electron chi connectivity index (χ0n) is 17.1. The molecule has 148 valence electrons. The van der Waals surface area contributed by atoms with Crippen molar-refractivity contribution in [3.63, 3.8) is 0 Å². The number of ether oxygens (including phenoxy) is 1. The fraction of sp³-hybridized carbons (Fsp3) is 0.524. The molecule has 6 heteroatoms. The summed E-state index contributed by atoms with van der Waals surface area (Å²) < 4.78 is 11.4. The van der Waals surface area contributed by atoms with Crippen LogP contribution in [0, 0.1) is 0 Å². The lowest BCUT2D eigenvalue weighted by atomic mass is 10.0. The molecule has 0 unspecified atom stereocenters. The third kappa shape index (κ3) is 5.74. The van der Waals surface area contributed by atoms with Gasteiger partial charge in [0.2, 0.25) is 0 Å². The van der Waals surface area contributed by atoms with Gasteiger partial charge in [0.1, 0.15) is 18.1 Å². The largest absolute Gasteiger partial charge is 0.491 e. The first-order valence-corrected chi connectivity index (χ1v) is 9.73. The van der Waals surface area contributed by atoms with Gasteiger partial charge in [-0.15, -0.1) is 0 Å². The summed E-state index contributed by atoms with van der Waals surface area (Å²) in [6.07, 6.45) is 1.69. The molecule has 2 N–H and O–H groups in total. The average Bonchev–Trinajstić information content (AvgIpc) is 3.09. The number of aliphatic imine (C=N–C) groups is 1. The summed E-state index contributed by atoms with van der Waals surface area (Å²) in [5.74, 6) is 3.05. The molecule has 0 aliphatic rings. The van der Waals surface area contributed by atoms with E-state index in [2.05, 4.69) is 54.5 Å². The highest BCUT2D eigenvalue weighted by atomic mass is 16.5. The minimum Gasteiger partial charge on any atom is -0.491 e. The van der Waals surface area contributed by atoms with Crippen LogP contribution < -0.4 is 15.4 Å². The average molecular weight is 373 g/mol. The Balaban J connectivity index is 1.82. The molecular formula is C21H32N4O2. The molecule has 27 heavy (non-hydrogen) atoms. The van der Waals surface area contributed by atoms with Crippen LogP contribution in [-0.2, 0) is 19.4 Å². The van der Waals surface area contributed by atoms with E-state index in [1.807, 2.05) is 18.2 Å². The van der Waals surface area contributed by atoms with Gasteiger partial charge < -0.3 is 19.9 Å². The summed E-state index contributed by atoms with van der Waals surface area (Å²) in [5, 5.41) is 10.8. The molecule has 0 aliphatic carbocycles. The molecule has 0 aliphatic heterocycles. The van der Waals surface area contributed by atoms with Gasteiger partial charge in [0.05, 0.1) is 12.2 Å². The highest BCUT2D eigenvalue weighted by Gasteiger charge is 2.13. The van der Waals surface area contributed by atoms with Gasteiger partial charge in [0, 0.05) is 25.6 Å². The van der Waals surface area contributed by atoms with Gasteiger partial charge in [-0.25, -0.2) is 0 Å². The number of benzene rings is 1. The highest BCUT2D eigenvalue weighted by molar-refractivity contribution is 5.79. The second-order valence-electron chi connectivity index (χ2n) is 6.63. The molecule has 0 fully saturated rings. The molecule has 0 bridgehead atoms. The van der Waals surface area contributed by atoms with Crippen LogP contribution in [0.3, 0.4) is 0 Å². The quantitative estimate of drug-likeness (QED) is 0.399. The molecule has 0 radical (unpaired) electrons. The summed E-state index contributed by atoms with van der Waals surface area (Å²) >= 11 is 0. The van der Waals surface area contributed by atoms with Gasteiger partial charge in [-0.1, -0.05) is 51.1 Å². The molecule has 0 saturated heterocycles. The number of hydrogen-bond donors (Lipinski definition) is 2. The van der Waals surface area contributed by atoms with Crippen LogP contribution in [0.2, 0.25) is 0 Å². The van der Waals surface area contributed by atoms with Crippen molar-refractivity contribution < 1.29 is 9.26 Å². The van der Waals surface area contributed by atoms with Gasteiger partial charge in [-0.3, -0.25) is 4.99 Å². The SMILES string of the molecule is CCc1noc(CC)c1CNC(=NC)NCCOc1ccccc1C(C)C. The Morgan fingerprint density at radius 2 is 1.96 bits per heavy atom. The van der Waals surface area contributed by atoms with E-state index in [9.17, 15) is 0 Å². The van der Waals surface area contributed by atoms with E-state index in [1.165, 1.54) is 5.56 Å². The molecule has 2 rings (SSSR count). The number of nitrogens with one attached hydrogen (secondary N) is 2. The third-order valence-electron chi connectivity index (χ3n) is 4.46. The van der Waals surface area contributed by atoms with Crippen LogP contribution in [0.5, 0.6) is 5.75 Å². The number of para-hydroxylation sites is 1. The van der Waals surface area contributed by atoms with Crippen LogP contribution in [0.25, 0.3) is 0 Å². The maximum Gasteiger partial charge on any atom is 0.191 e. The Morgan fingerprint density at radius 1 is 1.19 bits per heavy atom. The molecule has 1 aromatic carbocycles. The fourth-order valence-corrected chi connectivity index (χ4v) is 2.95. The Bertz CT molecular complexity index is 716. The lowest BCUT2D eigenvalue weighted by molar-refractivity contribution is 0.317. The molecule has 6 nitrogen and oxygen atoms in total. The number of aromatic nitrogens is 1. The maximum atomic E-state index is 5.95. The maximum absolute atomic E-state index is 5.95. The number of guanidine groups is 1. The van der Waals surface area contributed by atoms with Gasteiger partial charge in [0.15, 0.2) is 5.96 Å².